The first kappa shape index (κ1) is 17.7. The molecular weight excluding hydrogens is 338 g/mol. The van der Waals surface area contributed by atoms with Crippen LogP contribution in [0.4, 0.5) is 0 Å². The van der Waals surface area contributed by atoms with Gasteiger partial charge in [-0.2, -0.15) is 0 Å². The van der Waals surface area contributed by atoms with Gasteiger partial charge in [-0.1, -0.05) is 48.5 Å². The van der Waals surface area contributed by atoms with Crippen molar-refractivity contribution < 1.29 is 9.59 Å². The van der Waals surface area contributed by atoms with E-state index in [-0.39, 0.29) is 29.8 Å². The molecule has 2 aromatic carbocycles. The fraction of sp³-hybridized carbons (Fsp3) is 0.364. The molecule has 0 aliphatic carbocycles. The zero-order valence-electron chi connectivity index (χ0n) is 15.3. The molecule has 140 valence electrons. The summed E-state index contributed by atoms with van der Waals surface area (Å²) >= 11 is 0. The summed E-state index contributed by atoms with van der Waals surface area (Å²) in [4.78, 5) is 29.6. The second-order valence-corrected chi connectivity index (χ2v) is 7.45. The zero-order chi connectivity index (χ0) is 18.8. The molecule has 5 nitrogen and oxygen atoms in total. The van der Waals surface area contributed by atoms with E-state index in [1.165, 1.54) is 5.56 Å². The molecule has 0 spiro atoms. The van der Waals surface area contributed by atoms with Crippen LogP contribution < -0.4 is 5.73 Å². The number of likely N-dealkylation sites (tertiary alicyclic amines) is 2. The summed E-state index contributed by atoms with van der Waals surface area (Å²) in [7, 11) is 0. The lowest BCUT2D eigenvalue weighted by atomic mass is 9.95. The minimum Gasteiger partial charge on any atom is -0.339 e. The molecule has 2 aliphatic heterocycles. The highest BCUT2D eigenvalue weighted by atomic mass is 16.2. The van der Waals surface area contributed by atoms with Gasteiger partial charge in [-0.3, -0.25) is 9.59 Å². The Morgan fingerprint density at radius 2 is 1.59 bits per heavy atom. The maximum atomic E-state index is 13.2. The van der Waals surface area contributed by atoms with Crippen molar-refractivity contribution >= 4 is 11.8 Å². The molecule has 0 radical (unpaired) electrons. The van der Waals surface area contributed by atoms with Crippen LogP contribution in [0.15, 0.2) is 60.7 Å². The van der Waals surface area contributed by atoms with E-state index < -0.39 is 0 Å². The van der Waals surface area contributed by atoms with Crippen molar-refractivity contribution in [2.24, 2.45) is 5.73 Å². The summed E-state index contributed by atoms with van der Waals surface area (Å²) in [5.41, 5.74) is 8.16. The molecule has 2 aromatic rings. The summed E-state index contributed by atoms with van der Waals surface area (Å²) in [6.07, 6.45) is 1.58. The van der Waals surface area contributed by atoms with E-state index in [9.17, 15) is 9.59 Å². The molecule has 1 unspecified atom stereocenters. The number of benzene rings is 2. The molecule has 2 N–H and O–H groups in total. The first-order chi connectivity index (χ1) is 13.1. The monoisotopic (exact) mass is 363 g/mol. The largest absolute Gasteiger partial charge is 0.339 e. The van der Waals surface area contributed by atoms with Gasteiger partial charge in [0.15, 0.2) is 0 Å². The molecular formula is C22H25N3O2. The third kappa shape index (κ3) is 3.47. The standard InChI is InChI=1S/C22H25N3O2/c23-19-15-24(14-18(19)16-8-3-1-4-9-16)22(27)20-12-7-13-25(20)21(26)17-10-5-2-6-11-17/h1-6,8-11,18-20H,7,12-15,23H2/t18-,19+,20?/m0/s1. The van der Waals surface area contributed by atoms with E-state index >= 15 is 0 Å². The predicted octanol–water partition coefficient (Wildman–Crippen LogP) is 2.24. The number of rotatable bonds is 3. The van der Waals surface area contributed by atoms with Crippen LogP contribution in [0.1, 0.15) is 34.7 Å². The summed E-state index contributed by atoms with van der Waals surface area (Å²) < 4.78 is 0. The van der Waals surface area contributed by atoms with Gasteiger partial charge < -0.3 is 15.5 Å². The Hall–Kier alpha value is -2.66. The molecule has 5 heteroatoms. The molecule has 2 amide bonds. The van der Waals surface area contributed by atoms with Gasteiger partial charge in [0.2, 0.25) is 5.91 Å². The summed E-state index contributed by atoms with van der Waals surface area (Å²) in [5.74, 6) is 0.120. The average Bonchev–Trinajstić information content (AvgIpc) is 3.35. The number of hydrogen-bond acceptors (Lipinski definition) is 3. The fourth-order valence-electron chi connectivity index (χ4n) is 4.29. The lowest BCUT2D eigenvalue weighted by molar-refractivity contribution is -0.134. The summed E-state index contributed by atoms with van der Waals surface area (Å²) in [6.45, 7) is 1.79. The van der Waals surface area contributed by atoms with Crippen LogP contribution >= 0.6 is 0 Å². The van der Waals surface area contributed by atoms with Gasteiger partial charge in [0.25, 0.3) is 5.91 Å². The third-order valence-corrected chi connectivity index (χ3v) is 5.72. The van der Waals surface area contributed by atoms with Crippen molar-refractivity contribution in [3.63, 3.8) is 0 Å². The number of amides is 2. The highest BCUT2D eigenvalue weighted by Gasteiger charge is 2.41. The second kappa shape index (κ2) is 7.53. The Bertz CT molecular complexity index is 809. The molecule has 2 saturated heterocycles. The van der Waals surface area contributed by atoms with Crippen LogP contribution in [0.3, 0.4) is 0 Å². The van der Waals surface area contributed by atoms with E-state index in [0.717, 1.165) is 12.8 Å². The van der Waals surface area contributed by atoms with Gasteiger partial charge in [-0.15, -0.1) is 0 Å². The minimum absolute atomic E-state index is 0.0330. The Balaban J connectivity index is 1.48. The summed E-state index contributed by atoms with van der Waals surface area (Å²) in [6, 6.07) is 18.9. The first-order valence-electron chi connectivity index (χ1n) is 9.60. The number of carbonyl (C=O) groups is 2. The Morgan fingerprint density at radius 1 is 0.926 bits per heavy atom. The van der Waals surface area contributed by atoms with Crippen molar-refractivity contribution in [2.45, 2.75) is 30.8 Å². The van der Waals surface area contributed by atoms with Gasteiger partial charge in [0.05, 0.1) is 0 Å². The topological polar surface area (TPSA) is 66.6 Å². The van der Waals surface area contributed by atoms with Crippen molar-refractivity contribution in [3.8, 4) is 0 Å². The molecule has 0 bridgehead atoms. The van der Waals surface area contributed by atoms with Gasteiger partial charge in [0, 0.05) is 37.2 Å². The van der Waals surface area contributed by atoms with Crippen LogP contribution in [0, 0.1) is 0 Å². The van der Waals surface area contributed by atoms with E-state index in [1.54, 1.807) is 17.0 Å². The highest BCUT2D eigenvalue weighted by Crippen LogP contribution is 2.29. The van der Waals surface area contributed by atoms with Crippen molar-refractivity contribution in [1.29, 1.82) is 0 Å². The SMILES string of the molecule is N[C@@H]1CN(C(=O)C2CCCN2C(=O)c2ccccc2)C[C@H]1c1ccccc1. The van der Waals surface area contributed by atoms with Gasteiger partial charge >= 0.3 is 0 Å². The number of nitrogens with two attached hydrogens (primary N) is 1. The van der Waals surface area contributed by atoms with Gasteiger partial charge in [-0.05, 0) is 30.5 Å². The van der Waals surface area contributed by atoms with E-state index in [0.29, 0.717) is 25.2 Å². The lowest BCUT2D eigenvalue weighted by Crippen LogP contribution is -2.47. The Morgan fingerprint density at radius 3 is 2.30 bits per heavy atom. The molecule has 0 saturated carbocycles. The Labute approximate surface area is 159 Å². The van der Waals surface area contributed by atoms with Crippen molar-refractivity contribution in [3.05, 3.63) is 71.8 Å². The average molecular weight is 363 g/mol. The molecule has 2 aliphatic rings. The number of nitrogens with zero attached hydrogens (tertiary/aromatic N) is 2. The fourth-order valence-corrected chi connectivity index (χ4v) is 4.29. The molecule has 2 fully saturated rings. The number of carbonyl (C=O) groups excluding carboxylic acids is 2. The minimum atomic E-state index is -0.376. The summed E-state index contributed by atoms with van der Waals surface area (Å²) in [5, 5.41) is 0. The van der Waals surface area contributed by atoms with Gasteiger partial charge in [0.1, 0.15) is 6.04 Å². The first-order valence-corrected chi connectivity index (χ1v) is 9.60. The zero-order valence-corrected chi connectivity index (χ0v) is 15.3. The highest BCUT2D eigenvalue weighted by molar-refractivity contribution is 5.98. The van der Waals surface area contributed by atoms with Crippen LogP contribution in [0.5, 0.6) is 0 Å². The Kier molecular flexibility index (Phi) is 4.94. The van der Waals surface area contributed by atoms with Crippen molar-refractivity contribution in [1.82, 2.24) is 9.80 Å². The molecule has 4 rings (SSSR count). The van der Waals surface area contributed by atoms with Crippen LogP contribution in [-0.2, 0) is 4.79 Å². The van der Waals surface area contributed by atoms with Crippen LogP contribution in [0.2, 0.25) is 0 Å². The predicted molar refractivity (Wildman–Crippen MR) is 104 cm³/mol. The third-order valence-electron chi connectivity index (χ3n) is 5.72. The molecule has 0 aromatic heterocycles. The number of hydrogen-bond donors (Lipinski definition) is 1. The molecule has 27 heavy (non-hydrogen) atoms. The maximum absolute atomic E-state index is 13.2. The van der Waals surface area contributed by atoms with Crippen LogP contribution in [0.25, 0.3) is 0 Å². The maximum Gasteiger partial charge on any atom is 0.254 e. The smallest absolute Gasteiger partial charge is 0.254 e. The van der Waals surface area contributed by atoms with Crippen LogP contribution in [-0.4, -0.2) is 53.3 Å². The van der Waals surface area contributed by atoms with Crippen molar-refractivity contribution in [2.75, 3.05) is 19.6 Å². The molecule has 3 atom stereocenters. The molecule has 2 heterocycles. The second-order valence-electron chi connectivity index (χ2n) is 7.45. The van der Waals surface area contributed by atoms with E-state index in [4.69, 9.17) is 5.73 Å². The quantitative estimate of drug-likeness (QED) is 0.909. The van der Waals surface area contributed by atoms with E-state index in [2.05, 4.69) is 12.1 Å². The van der Waals surface area contributed by atoms with E-state index in [1.807, 2.05) is 41.3 Å². The van der Waals surface area contributed by atoms with Gasteiger partial charge in [-0.25, -0.2) is 0 Å². The normalized spacial score (nSPS) is 25.0. The lowest BCUT2D eigenvalue weighted by Gasteiger charge is -2.28.